The number of likely N-dealkylation sites (tertiary alicyclic amines) is 1. The number of amides is 2. The maximum Gasteiger partial charge on any atom is 0.241 e. The Bertz CT molecular complexity index is 951. The molecule has 5 heteroatoms. The van der Waals surface area contributed by atoms with Gasteiger partial charge in [-0.25, -0.2) is 0 Å². The predicted octanol–water partition coefficient (Wildman–Crippen LogP) is 4.44. The number of aryl methyl sites for hydroxylation is 2. The smallest absolute Gasteiger partial charge is 0.241 e. The van der Waals surface area contributed by atoms with Crippen LogP contribution in [0.25, 0.3) is 11.1 Å². The lowest BCUT2D eigenvalue weighted by molar-refractivity contribution is -0.140. The van der Waals surface area contributed by atoms with Crippen LogP contribution < -0.4 is 5.32 Å². The van der Waals surface area contributed by atoms with E-state index in [9.17, 15) is 9.59 Å². The molecule has 0 spiro atoms. The molecule has 4 rings (SSSR count). The number of ether oxygens (including phenoxy) is 1. The van der Waals surface area contributed by atoms with Crippen molar-refractivity contribution < 1.29 is 14.3 Å². The summed E-state index contributed by atoms with van der Waals surface area (Å²) in [6.07, 6.45) is 5.30. The summed E-state index contributed by atoms with van der Waals surface area (Å²) in [7, 11) is 0. The Labute approximate surface area is 197 Å². The Morgan fingerprint density at radius 1 is 0.909 bits per heavy atom. The number of rotatable bonds is 6. The molecule has 5 nitrogen and oxygen atoms in total. The van der Waals surface area contributed by atoms with Gasteiger partial charge in [0.15, 0.2) is 0 Å². The van der Waals surface area contributed by atoms with Gasteiger partial charge < -0.3 is 15.0 Å². The molecule has 176 valence electrons. The molecule has 0 saturated carbocycles. The van der Waals surface area contributed by atoms with Crippen molar-refractivity contribution in [1.82, 2.24) is 10.2 Å². The summed E-state index contributed by atoms with van der Waals surface area (Å²) in [5.41, 5.74) is 5.53. The number of carbonyl (C=O) groups excluding carboxylic acids is 2. The van der Waals surface area contributed by atoms with Crippen molar-refractivity contribution in [3.63, 3.8) is 0 Å². The van der Waals surface area contributed by atoms with E-state index in [1.54, 1.807) is 0 Å². The molecule has 2 aromatic carbocycles. The molecule has 2 aliphatic rings. The van der Waals surface area contributed by atoms with Gasteiger partial charge in [-0.2, -0.15) is 0 Å². The molecular weight excluding hydrogens is 412 g/mol. The largest absolute Gasteiger partial charge is 0.381 e. The number of carbonyl (C=O) groups is 2. The van der Waals surface area contributed by atoms with Crippen molar-refractivity contribution in [2.75, 3.05) is 32.8 Å². The van der Waals surface area contributed by atoms with E-state index in [0.29, 0.717) is 32.5 Å². The lowest BCUT2D eigenvalue weighted by atomic mass is 9.74. The highest BCUT2D eigenvalue weighted by Crippen LogP contribution is 2.35. The number of hydrogen-bond donors (Lipinski definition) is 1. The first-order chi connectivity index (χ1) is 15.9. The van der Waals surface area contributed by atoms with Crippen molar-refractivity contribution >= 4 is 11.8 Å². The molecule has 0 unspecified atom stereocenters. The van der Waals surface area contributed by atoms with Crippen molar-refractivity contribution in [3.8, 4) is 11.1 Å². The third-order valence-corrected chi connectivity index (χ3v) is 7.09. The van der Waals surface area contributed by atoms with Gasteiger partial charge in [0.2, 0.25) is 11.8 Å². The monoisotopic (exact) mass is 448 g/mol. The van der Waals surface area contributed by atoms with E-state index in [4.69, 9.17) is 4.74 Å². The first-order valence-electron chi connectivity index (χ1n) is 12.3. The number of nitrogens with zero attached hydrogens (tertiary/aromatic N) is 1. The zero-order valence-corrected chi connectivity index (χ0v) is 20.0. The van der Waals surface area contributed by atoms with Gasteiger partial charge in [0.25, 0.3) is 0 Å². The summed E-state index contributed by atoms with van der Waals surface area (Å²) >= 11 is 0. The third kappa shape index (κ3) is 5.83. The minimum atomic E-state index is -0.526. The zero-order valence-electron chi connectivity index (χ0n) is 20.0. The molecular formula is C28H36N2O3. The van der Waals surface area contributed by atoms with Crippen LogP contribution in [0.1, 0.15) is 48.8 Å². The highest BCUT2D eigenvalue weighted by molar-refractivity contribution is 5.88. The van der Waals surface area contributed by atoms with Gasteiger partial charge in [0.05, 0.1) is 12.0 Å². The molecule has 0 radical (unpaired) electrons. The fraction of sp³-hybridized carbons (Fsp3) is 0.500. The average Bonchev–Trinajstić information content (AvgIpc) is 2.83. The second kappa shape index (κ2) is 10.5. The van der Waals surface area contributed by atoms with Crippen LogP contribution >= 0.6 is 0 Å². The summed E-state index contributed by atoms with van der Waals surface area (Å²) in [5, 5.41) is 2.97. The Hall–Kier alpha value is -2.66. The first kappa shape index (κ1) is 23.5. The SMILES string of the molecule is Cc1cc(C)cc(-c2ccc(CC3(C(=O)NCC(=O)N4CCCCC4)CCOCC3)cc2)c1. The van der Waals surface area contributed by atoms with Crippen LogP contribution in [0.4, 0.5) is 0 Å². The molecule has 2 aromatic rings. The second-order valence-electron chi connectivity index (χ2n) is 9.77. The Kier molecular flexibility index (Phi) is 7.49. The molecule has 0 aromatic heterocycles. The summed E-state index contributed by atoms with van der Waals surface area (Å²) in [6, 6.07) is 15.2. The molecule has 33 heavy (non-hydrogen) atoms. The van der Waals surface area contributed by atoms with Gasteiger partial charge in [-0.15, -0.1) is 0 Å². The molecule has 0 bridgehead atoms. The first-order valence-corrected chi connectivity index (χ1v) is 12.3. The standard InChI is InChI=1S/C28H36N2O3/c1-21-16-22(2)18-25(17-21)24-8-6-23(7-9-24)19-28(10-14-33-15-11-28)27(32)29-20-26(31)30-12-4-3-5-13-30/h6-9,16-18H,3-5,10-15,19-20H2,1-2H3,(H,29,32). The van der Waals surface area contributed by atoms with Crippen molar-refractivity contribution in [2.24, 2.45) is 5.41 Å². The Morgan fingerprint density at radius 3 is 2.18 bits per heavy atom. The molecule has 0 atom stereocenters. The highest BCUT2D eigenvalue weighted by atomic mass is 16.5. The van der Waals surface area contributed by atoms with Gasteiger partial charge in [-0.3, -0.25) is 9.59 Å². The number of benzene rings is 2. The average molecular weight is 449 g/mol. The zero-order chi connectivity index (χ0) is 23.3. The fourth-order valence-electron chi connectivity index (χ4n) is 5.19. The number of hydrogen-bond acceptors (Lipinski definition) is 3. The fourth-order valence-corrected chi connectivity index (χ4v) is 5.19. The van der Waals surface area contributed by atoms with Crippen LogP contribution in [-0.2, 0) is 20.7 Å². The van der Waals surface area contributed by atoms with Crippen LogP contribution in [0.3, 0.4) is 0 Å². The van der Waals surface area contributed by atoms with Gasteiger partial charge in [0, 0.05) is 26.3 Å². The molecule has 2 aliphatic heterocycles. The van der Waals surface area contributed by atoms with E-state index in [2.05, 4.69) is 61.6 Å². The van der Waals surface area contributed by atoms with Crippen LogP contribution in [-0.4, -0.2) is 49.6 Å². The van der Waals surface area contributed by atoms with E-state index < -0.39 is 5.41 Å². The molecule has 2 heterocycles. The molecule has 2 amide bonds. The lowest BCUT2D eigenvalue weighted by Crippen LogP contribution is -2.49. The summed E-state index contributed by atoms with van der Waals surface area (Å²) < 4.78 is 5.58. The third-order valence-electron chi connectivity index (χ3n) is 7.09. The number of nitrogens with one attached hydrogen (secondary N) is 1. The summed E-state index contributed by atoms with van der Waals surface area (Å²) in [6.45, 7) is 7.10. The molecule has 1 N–H and O–H groups in total. The van der Waals surface area contributed by atoms with Crippen LogP contribution in [0, 0.1) is 19.3 Å². The highest BCUT2D eigenvalue weighted by Gasteiger charge is 2.40. The van der Waals surface area contributed by atoms with Crippen LogP contribution in [0.5, 0.6) is 0 Å². The van der Waals surface area contributed by atoms with Gasteiger partial charge in [-0.1, -0.05) is 53.6 Å². The van der Waals surface area contributed by atoms with Crippen molar-refractivity contribution in [3.05, 3.63) is 59.2 Å². The normalized spacial score (nSPS) is 18.1. The lowest BCUT2D eigenvalue weighted by Gasteiger charge is -2.36. The minimum Gasteiger partial charge on any atom is -0.381 e. The predicted molar refractivity (Wildman–Crippen MR) is 131 cm³/mol. The van der Waals surface area contributed by atoms with E-state index in [1.807, 2.05) is 4.90 Å². The van der Waals surface area contributed by atoms with Crippen molar-refractivity contribution in [1.29, 1.82) is 0 Å². The topological polar surface area (TPSA) is 58.6 Å². The van der Waals surface area contributed by atoms with E-state index >= 15 is 0 Å². The minimum absolute atomic E-state index is 0.0189. The van der Waals surface area contributed by atoms with Gasteiger partial charge in [-0.05, 0) is 69.1 Å². The number of piperidine rings is 1. The summed E-state index contributed by atoms with van der Waals surface area (Å²) in [5.74, 6) is 0.0117. The maximum atomic E-state index is 13.3. The quantitative estimate of drug-likeness (QED) is 0.711. The van der Waals surface area contributed by atoms with Crippen molar-refractivity contribution in [2.45, 2.75) is 52.4 Å². The molecule has 0 aliphatic carbocycles. The Morgan fingerprint density at radius 2 is 1.55 bits per heavy atom. The Balaban J connectivity index is 1.44. The van der Waals surface area contributed by atoms with E-state index in [1.165, 1.54) is 28.7 Å². The molecule has 2 fully saturated rings. The summed E-state index contributed by atoms with van der Waals surface area (Å²) in [4.78, 5) is 27.8. The van der Waals surface area contributed by atoms with Gasteiger partial charge >= 0.3 is 0 Å². The van der Waals surface area contributed by atoms with Crippen LogP contribution in [0.2, 0.25) is 0 Å². The molecule has 2 saturated heterocycles. The maximum absolute atomic E-state index is 13.3. The van der Waals surface area contributed by atoms with Crippen LogP contribution in [0.15, 0.2) is 42.5 Å². The van der Waals surface area contributed by atoms with E-state index in [-0.39, 0.29) is 18.4 Å². The van der Waals surface area contributed by atoms with Gasteiger partial charge in [0.1, 0.15) is 0 Å². The second-order valence-corrected chi connectivity index (χ2v) is 9.77. The van der Waals surface area contributed by atoms with E-state index in [0.717, 1.165) is 31.5 Å².